The van der Waals surface area contributed by atoms with Crippen LogP contribution in [0.15, 0.2) is 77.7 Å². The van der Waals surface area contributed by atoms with Crippen LogP contribution in [0.2, 0.25) is 10.0 Å². The van der Waals surface area contributed by atoms with Crippen LogP contribution in [0.3, 0.4) is 0 Å². The van der Waals surface area contributed by atoms with Gasteiger partial charge in [-0.25, -0.2) is 8.42 Å². The summed E-state index contributed by atoms with van der Waals surface area (Å²) in [5.74, 6) is -0.947. The molecule has 0 fully saturated rings. The number of benzene rings is 3. The minimum Gasteiger partial charge on any atom is -0.352 e. The zero-order valence-corrected chi connectivity index (χ0v) is 25.4. The zero-order valence-electron chi connectivity index (χ0n) is 23.1. The van der Waals surface area contributed by atoms with Gasteiger partial charge in [-0.15, -0.1) is 0 Å². The maximum absolute atomic E-state index is 14.0. The number of carbonyl (C=O) groups excluding carboxylic acids is 2. The molecule has 7 nitrogen and oxygen atoms in total. The van der Waals surface area contributed by atoms with Gasteiger partial charge in [-0.1, -0.05) is 73.4 Å². The molecule has 0 heterocycles. The molecule has 40 heavy (non-hydrogen) atoms. The van der Waals surface area contributed by atoms with E-state index in [2.05, 4.69) is 5.32 Å². The Morgan fingerprint density at radius 3 is 2.02 bits per heavy atom. The molecule has 1 N–H and O–H groups in total. The maximum atomic E-state index is 14.0. The van der Waals surface area contributed by atoms with E-state index in [4.69, 9.17) is 23.2 Å². The van der Waals surface area contributed by atoms with E-state index < -0.39 is 28.5 Å². The molecule has 0 spiro atoms. The van der Waals surface area contributed by atoms with Gasteiger partial charge in [-0.05, 0) is 68.7 Å². The first-order valence-electron chi connectivity index (χ1n) is 13.2. The monoisotopic (exact) mass is 603 g/mol. The SMILES string of the molecule is CCc1ccc(N(CC(=O)N(Cc2c(Cl)cccc2Cl)[C@H](C)C(=O)N[C@@H](C)CC)S(=O)(=O)c2ccccc2)cc1. The van der Waals surface area contributed by atoms with Gasteiger partial charge in [-0.2, -0.15) is 0 Å². The first kappa shape index (κ1) is 31.5. The first-order chi connectivity index (χ1) is 19.0. The van der Waals surface area contributed by atoms with Crippen molar-refractivity contribution >= 4 is 50.7 Å². The van der Waals surface area contributed by atoms with E-state index in [1.165, 1.54) is 17.0 Å². The Kier molecular flexibility index (Phi) is 11.0. The zero-order chi connectivity index (χ0) is 29.4. The quantitative estimate of drug-likeness (QED) is 0.272. The fourth-order valence-electron chi connectivity index (χ4n) is 4.05. The molecule has 0 radical (unpaired) electrons. The predicted molar refractivity (Wildman–Crippen MR) is 161 cm³/mol. The van der Waals surface area contributed by atoms with Gasteiger partial charge in [-0.3, -0.25) is 13.9 Å². The minimum absolute atomic E-state index is 0.0469. The molecule has 0 aliphatic carbocycles. The third-order valence-corrected chi connectivity index (χ3v) is 9.30. The number of sulfonamides is 1. The van der Waals surface area contributed by atoms with E-state index in [0.29, 0.717) is 27.7 Å². The van der Waals surface area contributed by atoms with Crippen molar-refractivity contribution in [1.82, 2.24) is 10.2 Å². The molecule has 0 saturated carbocycles. The molecule has 0 aliphatic heterocycles. The Balaban J connectivity index is 2.05. The van der Waals surface area contributed by atoms with Crippen molar-refractivity contribution < 1.29 is 18.0 Å². The third kappa shape index (κ3) is 7.56. The highest BCUT2D eigenvalue weighted by Gasteiger charge is 2.33. The van der Waals surface area contributed by atoms with E-state index >= 15 is 0 Å². The van der Waals surface area contributed by atoms with Crippen molar-refractivity contribution in [3.05, 3.63) is 94.0 Å². The van der Waals surface area contributed by atoms with E-state index in [-0.39, 0.29) is 23.4 Å². The number of hydrogen-bond acceptors (Lipinski definition) is 4. The molecule has 10 heteroatoms. The highest BCUT2D eigenvalue weighted by molar-refractivity contribution is 7.92. The summed E-state index contributed by atoms with van der Waals surface area (Å²) >= 11 is 12.8. The molecule has 2 amide bonds. The van der Waals surface area contributed by atoms with Crippen LogP contribution in [0.5, 0.6) is 0 Å². The second kappa shape index (κ2) is 14.0. The van der Waals surface area contributed by atoms with E-state index in [9.17, 15) is 18.0 Å². The average molecular weight is 605 g/mol. The molecule has 3 aromatic rings. The Morgan fingerprint density at radius 1 is 0.875 bits per heavy atom. The number of amides is 2. The van der Waals surface area contributed by atoms with Crippen LogP contribution in [0.4, 0.5) is 5.69 Å². The standard InChI is InChI=1S/C30H35Cl2N3O4S/c1-5-21(3)33-30(37)22(4)34(19-26-27(31)13-10-14-28(26)32)29(36)20-35(24-17-15-23(6-2)16-18-24)40(38,39)25-11-8-7-9-12-25/h7-18,21-22H,5-6,19-20H2,1-4H3,(H,33,37)/t21-,22+/m0/s1. The van der Waals surface area contributed by atoms with Gasteiger partial charge in [0.05, 0.1) is 10.6 Å². The number of hydrogen-bond donors (Lipinski definition) is 1. The summed E-state index contributed by atoms with van der Waals surface area (Å²) in [6.45, 7) is 6.80. The van der Waals surface area contributed by atoms with Gasteiger partial charge in [0.15, 0.2) is 0 Å². The van der Waals surface area contributed by atoms with Crippen molar-refractivity contribution in [2.45, 2.75) is 64.1 Å². The average Bonchev–Trinajstić information content (AvgIpc) is 2.95. The van der Waals surface area contributed by atoms with Gasteiger partial charge in [0.25, 0.3) is 10.0 Å². The van der Waals surface area contributed by atoms with Crippen molar-refractivity contribution in [2.24, 2.45) is 0 Å². The highest BCUT2D eigenvalue weighted by Crippen LogP contribution is 2.28. The van der Waals surface area contributed by atoms with Crippen molar-refractivity contribution in [2.75, 3.05) is 10.8 Å². The number of anilines is 1. The Labute approximate surface area is 247 Å². The molecule has 0 bridgehead atoms. The molecule has 2 atom stereocenters. The second-order valence-corrected chi connectivity index (χ2v) is 12.2. The van der Waals surface area contributed by atoms with Crippen molar-refractivity contribution in [3.63, 3.8) is 0 Å². The topological polar surface area (TPSA) is 86.8 Å². The molecule has 3 aromatic carbocycles. The van der Waals surface area contributed by atoms with Crippen LogP contribution < -0.4 is 9.62 Å². The summed E-state index contributed by atoms with van der Waals surface area (Å²) < 4.78 is 28.7. The Morgan fingerprint density at radius 2 is 1.48 bits per heavy atom. The summed E-state index contributed by atoms with van der Waals surface area (Å²) in [7, 11) is -4.13. The lowest BCUT2D eigenvalue weighted by Gasteiger charge is -2.33. The number of halogens is 2. The lowest BCUT2D eigenvalue weighted by Crippen LogP contribution is -2.52. The summed E-state index contributed by atoms with van der Waals surface area (Å²) in [5.41, 5.74) is 1.83. The van der Waals surface area contributed by atoms with E-state index in [1.807, 2.05) is 32.9 Å². The summed E-state index contributed by atoms with van der Waals surface area (Å²) in [6.07, 6.45) is 1.49. The van der Waals surface area contributed by atoms with Crippen molar-refractivity contribution in [3.8, 4) is 0 Å². The smallest absolute Gasteiger partial charge is 0.264 e. The van der Waals surface area contributed by atoms with Crippen LogP contribution in [0, 0.1) is 0 Å². The highest BCUT2D eigenvalue weighted by atomic mass is 35.5. The number of nitrogens with one attached hydrogen (secondary N) is 1. The first-order valence-corrected chi connectivity index (χ1v) is 15.4. The van der Waals surface area contributed by atoms with Gasteiger partial charge in [0.1, 0.15) is 12.6 Å². The van der Waals surface area contributed by atoms with Gasteiger partial charge < -0.3 is 10.2 Å². The Hall–Kier alpha value is -3.07. The summed E-state index contributed by atoms with van der Waals surface area (Å²) in [6, 6.07) is 18.9. The molecule has 214 valence electrons. The molecule has 0 aliphatic rings. The number of aryl methyl sites for hydroxylation is 1. The molecule has 0 aromatic heterocycles. The van der Waals surface area contributed by atoms with Crippen LogP contribution in [0.25, 0.3) is 0 Å². The van der Waals surface area contributed by atoms with Gasteiger partial charge in [0.2, 0.25) is 11.8 Å². The van der Waals surface area contributed by atoms with Crippen LogP contribution in [-0.4, -0.2) is 43.8 Å². The molecule has 0 unspecified atom stereocenters. The molecule has 3 rings (SSSR count). The normalized spacial score (nSPS) is 12.8. The number of nitrogens with zero attached hydrogens (tertiary/aromatic N) is 2. The van der Waals surface area contributed by atoms with Crippen LogP contribution in [0.1, 0.15) is 45.2 Å². The van der Waals surface area contributed by atoms with E-state index in [1.54, 1.807) is 55.5 Å². The molecular formula is C30H35Cl2N3O4S. The van der Waals surface area contributed by atoms with Gasteiger partial charge >= 0.3 is 0 Å². The van der Waals surface area contributed by atoms with Crippen LogP contribution in [-0.2, 0) is 32.6 Å². The lowest BCUT2D eigenvalue weighted by atomic mass is 10.1. The minimum atomic E-state index is -4.13. The Bertz CT molecular complexity index is 1400. The largest absolute Gasteiger partial charge is 0.352 e. The predicted octanol–water partition coefficient (Wildman–Crippen LogP) is 6.08. The summed E-state index contributed by atoms with van der Waals surface area (Å²) in [4.78, 5) is 28.5. The lowest BCUT2D eigenvalue weighted by molar-refractivity contribution is -0.139. The fourth-order valence-corrected chi connectivity index (χ4v) is 6.00. The number of rotatable bonds is 12. The third-order valence-electron chi connectivity index (χ3n) is 6.80. The fraction of sp³-hybridized carbons (Fsp3) is 0.333. The van der Waals surface area contributed by atoms with Gasteiger partial charge in [0, 0.05) is 28.2 Å². The molecule has 0 saturated heterocycles. The van der Waals surface area contributed by atoms with Crippen molar-refractivity contribution in [1.29, 1.82) is 0 Å². The number of carbonyl (C=O) groups is 2. The maximum Gasteiger partial charge on any atom is 0.264 e. The summed E-state index contributed by atoms with van der Waals surface area (Å²) in [5, 5.41) is 3.58. The molecular weight excluding hydrogens is 569 g/mol. The van der Waals surface area contributed by atoms with Crippen LogP contribution >= 0.6 is 23.2 Å². The second-order valence-electron chi connectivity index (χ2n) is 9.56. The van der Waals surface area contributed by atoms with E-state index in [0.717, 1.165) is 16.3 Å².